The number of hydrogen-bond acceptors (Lipinski definition) is 3. The lowest BCUT2D eigenvalue weighted by Gasteiger charge is -2.44. The molecule has 8 heteroatoms. The number of halogens is 1. The van der Waals surface area contributed by atoms with E-state index in [4.69, 9.17) is 0 Å². The van der Waals surface area contributed by atoms with Gasteiger partial charge in [-0.05, 0) is 55.5 Å². The van der Waals surface area contributed by atoms with E-state index in [1.807, 2.05) is 31.2 Å². The quantitative estimate of drug-likeness (QED) is 0.505. The van der Waals surface area contributed by atoms with E-state index in [9.17, 15) is 18.8 Å². The first-order chi connectivity index (χ1) is 17.0. The highest BCUT2D eigenvalue weighted by Gasteiger charge is 2.49. The van der Waals surface area contributed by atoms with Crippen molar-refractivity contribution in [1.29, 1.82) is 0 Å². The maximum atomic E-state index is 14.2. The van der Waals surface area contributed by atoms with Crippen molar-refractivity contribution < 1.29 is 18.8 Å². The van der Waals surface area contributed by atoms with Crippen molar-refractivity contribution in [3.63, 3.8) is 0 Å². The molecular weight excluding hydrogens is 459 g/mol. The zero-order chi connectivity index (χ0) is 26.2. The second-order valence-corrected chi connectivity index (χ2v) is 10.2. The fourth-order valence-corrected chi connectivity index (χ4v) is 4.82. The molecule has 0 aliphatic carbocycles. The zero-order valence-corrected chi connectivity index (χ0v) is 21.4. The first kappa shape index (κ1) is 25.4. The maximum absolute atomic E-state index is 14.2. The molecule has 3 aromatic rings. The molecule has 0 bridgehead atoms. The van der Waals surface area contributed by atoms with Crippen LogP contribution in [0.1, 0.15) is 55.7 Å². The Morgan fingerprint density at radius 1 is 1.17 bits per heavy atom. The lowest BCUT2D eigenvalue weighted by Crippen LogP contribution is -2.63. The summed E-state index contributed by atoms with van der Waals surface area (Å²) in [7, 11) is 0. The van der Waals surface area contributed by atoms with E-state index >= 15 is 0 Å². The number of aromatic nitrogens is 1. The Kier molecular flexibility index (Phi) is 6.89. The number of aryl methyl sites for hydroxylation is 1. The van der Waals surface area contributed by atoms with Crippen molar-refractivity contribution in [3.8, 4) is 0 Å². The minimum absolute atomic E-state index is 0.162. The van der Waals surface area contributed by atoms with Gasteiger partial charge in [-0.1, -0.05) is 38.1 Å². The number of anilines is 1. The fourth-order valence-electron chi connectivity index (χ4n) is 4.82. The molecule has 0 radical (unpaired) electrons. The van der Waals surface area contributed by atoms with Crippen molar-refractivity contribution in [1.82, 2.24) is 14.8 Å². The van der Waals surface area contributed by atoms with Gasteiger partial charge in [0, 0.05) is 25.4 Å². The van der Waals surface area contributed by atoms with E-state index in [0.717, 1.165) is 17.5 Å². The van der Waals surface area contributed by atoms with Crippen LogP contribution < -0.4 is 10.6 Å². The number of amides is 3. The molecule has 2 aromatic carbocycles. The van der Waals surface area contributed by atoms with Crippen LogP contribution in [0.4, 0.5) is 10.1 Å². The van der Waals surface area contributed by atoms with Crippen LogP contribution in [0.3, 0.4) is 0 Å². The Balaban J connectivity index is 1.87. The first-order valence-electron chi connectivity index (χ1n) is 12.3. The first-order valence-corrected chi connectivity index (χ1v) is 12.3. The molecule has 36 heavy (non-hydrogen) atoms. The van der Waals surface area contributed by atoms with E-state index in [1.165, 1.54) is 19.1 Å². The van der Waals surface area contributed by atoms with Gasteiger partial charge in [0.05, 0.1) is 17.7 Å². The average molecular weight is 493 g/mol. The van der Waals surface area contributed by atoms with Gasteiger partial charge in [-0.15, -0.1) is 0 Å². The molecule has 0 spiro atoms. The van der Waals surface area contributed by atoms with E-state index in [2.05, 4.69) is 24.5 Å². The smallest absolute Gasteiger partial charge is 0.273 e. The van der Waals surface area contributed by atoms with Crippen molar-refractivity contribution in [2.75, 3.05) is 11.9 Å². The molecule has 0 saturated carbocycles. The van der Waals surface area contributed by atoms with Gasteiger partial charge in [-0.2, -0.15) is 0 Å². The van der Waals surface area contributed by atoms with Crippen LogP contribution in [-0.4, -0.2) is 39.3 Å². The Morgan fingerprint density at radius 2 is 1.89 bits per heavy atom. The molecule has 1 atom stereocenters. The van der Waals surface area contributed by atoms with Crippen LogP contribution in [0.5, 0.6) is 0 Å². The number of carbonyl (C=O) groups excluding carboxylic acids is 3. The Morgan fingerprint density at radius 3 is 2.56 bits per heavy atom. The van der Waals surface area contributed by atoms with Crippen LogP contribution in [-0.2, 0) is 22.7 Å². The Hall–Kier alpha value is -3.68. The SMILES string of the molecule is CC(=O)Nc1c2n(c3ccc(F)cc13)C[C@@](C)(C(=O)NCCC(C)C)N(Cc1ccccc1C)C2=O. The topological polar surface area (TPSA) is 83.4 Å². The molecule has 0 saturated heterocycles. The van der Waals surface area contributed by atoms with Crippen LogP contribution in [0.15, 0.2) is 42.5 Å². The van der Waals surface area contributed by atoms with Gasteiger partial charge in [-0.3, -0.25) is 14.4 Å². The Labute approximate surface area is 210 Å². The molecule has 3 amide bonds. The van der Waals surface area contributed by atoms with E-state index in [1.54, 1.807) is 22.5 Å². The number of hydrogen-bond donors (Lipinski definition) is 2. The maximum Gasteiger partial charge on any atom is 0.273 e. The molecule has 4 rings (SSSR count). The molecular formula is C28H33FN4O3. The summed E-state index contributed by atoms with van der Waals surface area (Å²) in [6.07, 6.45) is 0.817. The molecule has 2 heterocycles. The predicted molar refractivity (Wildman–Crippen MR) is 138 cm³/mol. The standard InChI is InChI=1S/C28H33FN4O3/c1-17(2)12-13-30-27(36)28(5)16-32-23-11-10-21(29)14-22(23)24(31-19(4)34)25(32)26(35)33(28)15-20-9-7-6-8-18(20)3/h6-11,14,17H,12-13,15-16H2,1-5H3,(H,30,36)(H,31,34)/t28-/m0/s1. The molecule has 190 valence electrons. The van der Waals surface area contributed by atoms with Gasteiger partial charge in [0.2, 0.25) is 11.8 Å². The van der Waals surface area contributed by atoms with Crippen LogP contribution in [0.25, 0.3) is 10.9 Å². The lowest BCUT2D eigenvalue weighted by atomic mass is 9.93. The third-order valence-corrected chi connectivity index (χ3v) is 6.92. The average Bonchev–Trinajstić information content (AvgIpc) is 3.09. The third kappa shape index (κ3) is 4.59. The van der Waals surface area contributed by atoms with Crippen molar-refractivity contribution in [2.24, 2.45) is 5.92 Å². The fraction of sp³-hybridized carbons (Fsp3) is 0.393. The summed E-state index contributed by atoms with van der Waals surface area (Å²) < 4.78 is 16.0. The summed E-state index contributed by atoms with van der Waals surface area (Å²) in [5.41, 5.74) is 1.80. The summed E-state index contributed by atoms with van der Waals surface area (Å²) in [5.74, 6) is -1.07. The summed E-state index contributed by atoms with van der Waals surface area (Å²) in [6, 6.07) is 11.9. The molecule has 1 aromatic heterocycles. The second-order valence-electron chi connectivity index (χ2n) is 10.2. The molecule has 1 aliphatic heterocycles. The van der Waals surface area contributed by atoms with Crippen LogP contribution in [0, 0.1) is 18.7 Å². The van der Waals surface area contributed by atoms with Crippen LogP contribution in [0.2, 0.25) is 0 Å². The predicted octanol–water partition coefficient (Wildman–Crippen LogP) is 4.62. The monoisotopic (exact) mass is 492 g/mol. The highest BCUT2D eigenvalue weighted by molar-refractivity contribution is 6.14. The minimum atomic E-state index is -1.21. The largest absolute Gasteiger partial charge is 0.354 e. The summed E-state index contributed by atoms with van der Waals surface area (Å²) in [4.78, 5) is 41.5. The molecule has 2 N–H and O–H groups in total. The van der Waals surface area contributed by atoms with Crippen LogP contribution >= 0.6 is 0 Å². The molecule has 7 nitrogen and oxygen atoms in total. The van der Waals surface area contributed by atoms with Gasteiger partial charge in [0.15, 0.2) is 0 Å². The van der Waals surface area contributed by atoms with E-state index in [0.29, 0.717) is 23.4 Å². The van der Waals surface area contributed by atoms with E-state index < -0.39 is 17.3 Å². The number of carbonyl (C=O) groups is 3. The minimum Gasteiger partial charge on any atom is -0.354 e. The van der Waals surface area contributed by atoms with Gasteiger partial charge in [0.1, 0.15) is 17.1 Å². The number of nitrogens with one attached hydrogen (secondary N) is 2. The van der Waals surface area contributed by atoms with Crippen molar-refractivity contribution in [3.05, 3.63) is 65.1 Å². The molecule has 0 unspecified atom stereocenters. The number of rotatable bonds is 7. The van der Waals surface area contributed by atoms with E-state index in [-0.39, 0.29) is 36.3 Å². The van der Waals surface area contributed by atoms with Gasteiger partial charge in [-0.25, -0.2) is 4.39 Å². The summed E-state index contributed by atoms with van der Waals surface area (Å²) in [5, 5.41) is 6.19. The number of fused-ring (bicyclic) bond motifs is 3. The lowest BCUT2D eigenvalue weighted by molar-refractivity contribution is -0.133. The number of benzene rings is 2. The molecule has 0 fully saturated rings. The second kappa shape index (κ2) is 9.76. The molecule has 1 aliphatic rings. The summed E-state index contributed by atoms with van der Waals surface area (Å²) in [6.45, 7) is 10.1. The van der Waals surface area contributed by atoms with Crippen molar-refractivity contribution in [2.45, 2.75) is 59.7 Å². The Bertz CT molecular complexity index is 1350. The number of nitrogens with zero attached hydrogens (tertiary/aromatic N) is 2. The summed E-state index contributed by atoms with van der Waals surface area (Å²) >= 11 is 0. The normalized spacial score (nSPS) is 17.4. The van der Waals surface area contributed by atoms with Crippen molar-refractivity contribution >= 4 is 34.3 Å². The van der Waals surface area contributed by atoms with Gasteiger partial charge >= 0.3 is 0 Å². The van der Waals surface area contributed by atoms with Gasteiger partial charge < -0.3 is 20.1 Å². The third-order valence-electron chi connectivity index (χ3n) is 6.92. The highest BCUT2D eigenvalue weighted by Crippen LogP contribution is 2.39. The highest BCUT2D eigenvalue weighted by atomic mass is 19.1. The zero-order valence-electron chi connectivity index (χ0n) is 21.4. The van der Waals surface area contributed by atoms with Gasteiger partial charge in [0.25, 0.3) is 5.91 Å².